The normalized spacial score (nSPS) is 11.2. The zero-order valence-corrected chi connectivity index (χ0v) is 13.5. The molecule has 22 heavy (non-hydrogen) atoms. The first-order chi connectivity index (χ1) is 10.8. The molecule has 0 aliphatic rings. The van der Waals surface area contributed by atoms with Gasteiger partial charge >= 0.3 is 0 Å². The van der Waals surface area contributed by atoms with Crippen molar-refractivity contribution in [1.29, 1.82) is 0 Å². The Kier molecular flexibility index (Phi) is 4.45. The number of hydrogen-bond acceptors (Lipinski definition) is 2. The molecule has 3 rings (SSSR count). The zero-order valence-electron chi connectivity index (χ0n) is 12.7. The van der Waals surface area contributed by atoms with E-state index >= 15 is 0 Å². The number of aryl methyl sites for hydroxylation is 1. The third-order valence-corrected chi connectivity index (χ3v) is 4.29. The van der Waals surface area contributed by atoms with Crippen molar-refractivity contribution in [2.24, 2.45) is 4.99 Å². The first kappa shape index (κ1) is 14.7. The number of nitrogens with zero attached hydrogens (tertiary/aromatic N) is 2. The van der Waals surface area contributed by atoms with Crippen LogP contribution in [0.2, 0.25) is 0 Å². The number of thioether (sulfide) groups is 1. The van der Waals surface area contributed by atoms with Gasteiger partial charge in [-0.3, -0.25) is 4.99 Å². The van der Waals surface area contributed by atoms with E-state index in [2.05, 4.69) is 65.3 Å². The molecule has 0 aliphatic carbocycles. The molecule has 0 atom stereocenters. The number of rotatable bonds is 4. The van der Waals surface area contributed by atoms with Crippen LogP contribution in [0.15, 0.2) is 76.7 Å². The van der Waals surface area contributed by atoms with E-state index in [4.69, 9.17) is 0 Å². The minimum absolute atomic E-state index is 1.01. The fourth-order valence-corrected chi connectivity index (χ4v) is 2.96. The van der Waals surface area contributed by atoms with Gasteiger partial charge < -0.3 is 4.57 Å². The Morgan fingerprint density at radius 3 is 2.50 bits per heavy atom. The van der Waals surface area contributed by atoms with Crippen LogP contribution < -0.4 is 0 Å². The molecule has 0 amide bonds. The van der Waals surface area contributed by atoms with E-state index in [-0.39, 0.29) is 0 Å². The third-order valence-electron chi connectivity index (χ3n) is 3.51. The molecule has 0 bridgehead atoms. The zero-order chi connectivity index (χ0) is 15.4. The van der Waals surface area contributed by atoms with E-state index in [1.165, 1.54) is 16.3 Å². The maximum atomic E-state index is 4.64. The summed E-state index contributed by atoms with van der Waals surface area (Å²) in [6.45, 7) is 2.11. The van der Waals surface area contributed by atoms with Crippen LogP contribution >= 0.6 is 11.8 Å². The van der Waals surface area contributed by atoms with E-state index in [0.717, 1.165) is 11.3 Å². The second-order valence-electron chi connectivity index (χ2n) is 5.05. The van der Waals surface area contributed by atoms with E-state index in [1.54, 1.807) is 11.8 Å². The van der Waals surface area contributed by atoms with E-state index in [1.807, 2.05) is 30.5 Å². The predicted octanol–water partition coefficient (Wildman–Crippen LogP) is 5.26. The van der Waals surface area contributed by atoms with Crippen LogP contribution in [0.25, 0.3) is 5.69 Å². The molecular weight excluding hydrogens is 288 g/mol. The molecule has 3 heteroatoms. The third kappa shape index (κ3) is 3.15. The van der Waals surface area contributed by atoms with Crippen LogP contribution in [0.4, 0.5) is 5.69 Å². The van der Waals surface area contributed by atoms with Gasteiger partial charge in [-0.05, 0) is 43.5 Å². The standard InChI is InChI=1S/C19H18N2S/c1-15-12-16(14-21(15)17-8-4-3-5-9-17)13-20-18-10-6-7-11-19(18)22-2/h3-14H,1-2H3. The van der Waals surface area contributed by atoms with Gasteiger partial charge in [-0.2, -0.15) is 0 Å². The lowest BCUT2D eigenvalue weighted by Gasteiger charge is -2.04. The summed E-state index contributed by atoms with van der Waals surface area (Å²) in [4.78, 5) is 5.83. The van der Waals surface area contributed by atoms with Crippen molar-refractivity contribution in [3.63, 3.8) is 0 Å². The molecule has 1 aromatic heterocycles. The monoisotopic (exact) mass is 306 g/mol. The lowest BCUT2D eigenvalue weighted by molar-refractivity contribution is 1.02. The smallest absolute Gasteiger partial charge is 0.0765 e. The molecular formula is C19H18N2S. The maximum absolute atomic E-state index is 4.64. The minimum Gasteiger partial charge on any atom is -0.321 e. The fraction of sp³-hybridized carbons (Fsp3) is 0.105. The quantitative estimate of drug-likeness (QED) is 0.475. The van der Waals surface area contributed by atoms with E-state index < -0.39 is 0 Å². The fourth-order valence-electron chi connectivity index (χ4n) is 2.42. The van der Waals surface area contributed by atoms with Gasteiger partial charge in [0, 0.05) is 34.3 Å². The summed E-state index contributed by atoms with van der Waals surface area (Å²) in [5.74, 6) is 0. The molecule has 0 N–H and O–H groups in total. The Balaban J connectivity index is 1.89. The summed E-state index contributed by atoms with van der Waals surface area (Å²) in [7, 11) is 0. The molecule has 2 aromatic carbocycles. The highest BCUT2D eigenvalue weighted by molar-refractivity contribution is 7.98. The lowest BCUT2D eigenvalue weighted by atomic mass is 10.3. The van der Waals surface area contributed by atoms with E-state index in [0.29, 0.717) is 0 Å². The first-order valence-corrected chi connectivity index (χ1v) is 8.42. The predicted molar refractivity (Wildman–Crippen MR) is 96.0 cm³/mol. The Bertz CT molecular complexity index is 788. The van der Waals surface area contributed by atoms with Gasteiger partial charge in [0.25, 0.3) is 0 Å². The Labute approximate surface area is 135 Å². The summed E-state index contributed by atoms with van der Waals surface area (Å²) in [5.41, 5.74) is 4.49. The molecule has 1 heterocycles. The van der Waals surface area contributed by atoms with Gasteiger partial charge in [-0.25, -0.2) is 0 Å². The lowest BCUT2D eigenvalue weighted by Crippen LogP contribution is -1.93. The number of hydrogen-bond donors (Lipinski definition) is 0. The SMILES string of the molecule is CSc1ccccc1N=Cc1cc(C)n(-c2ccccc2)c1. The van der Waals surface area contributed by atoms with Crippen LogP contribution in [0.5, 0.6) is 0 Å². The van der Waals surface area contributed by atoms with Crippen LogP contribution in [0, 0.1) is 6.92 Å². The number of benzene rings is 2. The number of aromatic nitrogens is 1. The van der Waals surface area contributed by atoms with Gasteiger partial charge in [0.15, 0.2) is 0 Å². The van der Waals surface area contributed by atoms with Crippen LogP contribution in [0.1, 0.15) is 11.3 Å². The second kappa shape index (κ2) is 6.67. The molecule has 0 spiro atoms. The van der Waals surface area contributed by atoms with Gasteiger partial charge in [0.2, 0.25) is 0 Å². The Morgan fingerprint density at radius 1 is 1.00 bits per heavy atom. The topological polar surface area (TPSA) is 17.3 Å². The average Bonchev–Trinajstić information content (AvgIpc) is 2.95. The second-order valence-corrected chi connectivity index (χ2v) is 5.90. The molecule has 0 aliphatic heterocycles. The van der Waals surface area contributed by atoms with E-state index in [9.17, 15) is 0 Å². The van der Waals surface area contributed by atoms with Gasteiger partial charge in [-0.15, -0.1) is 11.8 Å². The molecule has 0 radical (unpaired) electrons. The average molecular weight is 306 g/mol. The number of para-hydroxylation sites is 2. The van der Waals surface area contributed by atoms with Crippen molar-refractivity contribution in [1.82, 2.24) is 4.57 Å². The molecule has 2 nitrogen and oxygen atoms in total. The van der Waals surface area contributed by atoms with Crippen LogP contribution in [-0.2, 0) is 0 Å². The maximum Gasteiger partial charge on any atom is 0.0765 e. The van der Waals surface area contributed by atoms with Gasteiger partial charge in [0.05, 0.1) is 5.69 Å². The summed E-state index contributed by atoms with van der Waals surface area (Å²) in [6.07, 6.45) is 6.13. The molecule has 110 valence electrons. The summed E-state index contributed by atoms with van der Waals surface area (Å²) in [6, 6.07) is 20.7. The highest BCUT2D eigenvalue weighted by Crippen LogP contribution is 2.27. The van der Waals surface area contributed by atoms with Crippen LogP contribution in [-0.4, -0.2) is 17.0 Å². The molecule has 0 saturated carbocycles. The number of aliphatic imine (C=N–C) groups is 1. The minimum atomic E-state index is 1.01. The van der Waals surface area contributed by atoms with Crippen molar-refractivity contribution in [3.8, 4) is 5.69 Å². The van der Waals surface area contributed by atoms with Gasteiger partial charge in [-0.1, -0.05) is 30.3 Å². The Morgan fingerprint density at radius 2 is 1.73 bits per heavy atom. The molecule has 0 saturated heterocycles. The molecule has 3 aromatic rings. The first-order valence-electron chi connectivity index (χ1n) is 7.19. The highest BCUT2D eigenvalue weighted by atomic mass is 32.2. The summed E-state index contributed by atoms with van der Waals surface area (Å²) >= 11 is 1.72. The van der Waals surface area contributed by atoms with Crippen molar-refractivity contribution >= 4 is 23.7 Å². The van der Waals surface area contributed by atoms with Gasteiger partial charge in [0.1, 0.15) is 0 Å². The van der Waals surface area contributed by atoms with Crippen molar-refractivity contribution in [2.45, 2.75) is 11.8 Å². The van der Waals surface area contributed by atoms with Crippen molar-refractivity contribution in [3.05, 3.63) is 78.1 Å². The van der Waals surface area contributed by atoms with Crippen molar-refractivity contribution in [2.75, 3.05) is 6.26 Å². The summed E-state index contributed by atoms with van der Waals surface area (Å²) in [5, 5.41) is 0. The highest BCUT2D eigenvalue weighted by Gasteiger charge is 2.03. The summed E-state index contributed by atoms with van der Waals surface area (Å²) < 4.78 is 2.18. The van der Waals surface area contributed by atoms with Crippen molar-refractivity contribution < 1.29 is 0 Å². The molecule has 0 unspecified atom stereocenters. The largest absolute Gasteiger partial charge is 0.321 e. The Hall–Kier alpha value is -2.26. The van der Waals surface area contributed by atoms with Crippen LogP contribution in [0.3, 0.4) is 0 Å². The molecule has 0 fully saturated rings.